The fourth-order valence-corrected chi connectivity index (χ4v) is 2.23. The van der Waals surface area contributed by atoms with Gasteiger partial charge in [-0.1, -0.05) is 0 Å². The summed E-state index contributed by atoms with van der Waals surface area (Å²) in [6.07, 6.45) is 2.36. The fraction of sp³-hybridized carbons (Fsp3) is 0.385. The summed E-state index contributed by atoms with van der Waals surface area (Å²) in [7, 11) is 0. The van der Waals surface area contributed by atoms with Crippen molar-refractivity contribution in [1.29, 1.82) is 0 Å². The van der Waals surface area contributed by atoms with E-state index in [-0.39, 0.29) is 5.91 Å². The van der Waals surface area contributed by atoms with E-state index in [9.17, 15) is 9.90 Å². The number of aromatic nitrogens is 2. The molecule has 0 spiro atoms. The zero-order chi connectivity index (χ0) is 13.4. The van der Waals surface area contributed by atoms with Crippen LogP contribution in [0.3, 0.4) is 0 Å². The van der Waals surface area contributed by atoms with Crippen molar-refractivity contribution in [3.05, 3.63) is 41.6 Å². The third kappa shape index (κ3) is 2.15. The van der Waals surface area contributed by atoms with Crippen molar-refractivity contribution in [3.8, 4) is 0 Å². The molecule has 0 saturated carbocycles. The lowest BCUT2D eigenvalue weighted by molar-refractivity contribution is 0.0705. The van der Waals surface area contributed by atoms with Crippen LogP contribution in [0, 0.1) is 0 Å². The molecule has 0 fully saturated rings. The molecule has 2 aromatic heterocycles. The third-order valence-corrected chi connectivity index (χ3v) is 3.30. The molecule has 1 amide bonds. The second-order valence-electron chi connectivity index (χ2n) is 4.70. The van der Waals surface area contributed by atoms with Crippen LogP contribution in [0.4, 0.5) is 0 Å². The molecule has 100 valence electrons. The molecule has 6 nitrogen and oxygen atoms in total. The molecule has 0 saturated heterocycles. The van der Waals surface area contributed by atoms with Crippen LogP contribution >= 0.6 is 0 Å². The van der Waals surface area contributed by atoms with Gasteiger partial charge in [0, 0.05) is 6.54 Å². The smallest absolute Gasteiger partial charge is 0.257 e. The van der Waals surface area contributed by atoms with Gasteiger partial charge in [-0.25, -0.2) is 0 Å². The van der Waals surface area contributed by atoms with Gasteiger partial charge in [-0.15, -0.1) is 0 Å². The molecule has 6 heteroatoms. The number of furan rings is 1. The predicted molar refractivity (Wildman–Crippen MR) is 66.3 cm³/mol. The van der Waals surface area contributed by atoms with E-state index in [0.29, 0.717) is 30.9 Å². The number of hydrogen-bond acceptors (Lipinski definition) is 4. The van der Waals surface area contributed by atoms with Crippen molar-refractivity contribution >= 4 is 5.91 Å². The zero-order valence-corrected chi connectivity index (χ0v) is 10.6. The monoisotopic (exact) mass is 261 g/mol. The highest BCUT2D eigenvalue weighted by Crippen LogP contribution is 2.19. The summed E-state index contributed by atoms with van der Waals surface area (Å²) in [5, 5.41) is 13.8. The van der Waals surface area contributed by atoms with Crippen LogP contribution in [0.5, 0.6) is 0 Å². The number of aliphatic hydroxyl groups is 1. The summed E-state index contributed by atoms with van der Waals surface area (Å²) in [4.78, 5) is 14.0. The Balaban J connectivity index is 1.80. The average molecular weight is 261 g/mol. The lowest BCUT2D eigenvalue weighted by atomic mass is 10.2. The van der Waals surface area contributed by atoms with Crippen LogP contribution < -0.4 is 0 Å². The van der Waals surface area contributed by atoms with E-state index >= 15 is 0 Å². The van der Waals surface area contributed by atoms with Crippen molar-refractivity contribution in [2.75, 3.05) is 6.54 Å². The normalized spacial score (nSPS) is 16.2. The lowest BCUT2D eigenvalue weighted by Crippen LogP contribution is -2.38. The first kappa shape index (κ1) is 12.0. The first-order valence-electron chi connectivity index (χ1n) is 6.21. The quantitative estimate of drug-likeness (QED) is 0.881. The minimum Gasteiger partial charge on any atom is -0.472 e. The molecule has 3 rings (SSSR count). The molecule has 1 aliphatic heterocycles. The van der Waals surface area contributed by atoms with E-state index in [1.807, 2.05) is 10.7 Å². The van der Waals surface area contributed by atoms with Crippen LogP contribution in [-0.4, -0.2) is 32.2 Å². The van der Waals surface area contributed by atoms with Gasteiger partial charge >= 0.3 is 0 Å². The summed E-state index contributed by atoms with van der Waals surface area (Å²) < 4.78 is 6.78. The highest BCUT2D eigenvalue weighted by molar-refractivity contribution is 5.93. The van der Waals surface area contributed by atoms with Gasteiger partial charge in [0.1, 0.15) is 6.26 Å². The Kier molecular flexibility index (Phi) is 2.87. The lowest BCUT2D eigenvalue weighted by Gasteiger charge is -2.27. The van der Waals surface area contributed by atoms with Crippen molar-refractivity contribution in [3.63, 3.8) is 0 Å². The molecule has 0 bridgehead atoms. The summed E-state index contributed by atoms with van der Waals surface area (Å²) >= 11 is 0. The average Bonchev–Trinajstić information content (AvgIpc) is 3.06. The molecule has 19 heavy (non-hydrogen) atoms. The third-order valence-electron chi connectivity index (χ3n) is 3.30. The minimum absolute atomic E-state index is 0.0419. The minimum atomic E-state index is -0.587. The molecule has 1 aliphatic rings. The number of carbonyl (C=O) groups is 1. The highest BCUT2D eigenvalue weighted by Gasteiger charge is 2.24. The molecule has 1 N–H and O–H groups in total. The van der Waals surface area contributed by atoms with E-state index in [1.54, 1.807) is 17.9 Å². The standard InChI is InChI=1S/C13H15N3O3/c1-9(17)12-6-11-7-15(3-4-16(11)14-12)13(18)10-2-5-19-8-10/h2,5-6,8-9,17H,3-4,7H2,1H3/t9-/m0/s1. The largest absolute Gasteiger partial charge is 0.472 e. The maximum absolute atomic E-state index is 12.2. The molecule has 3 heterocycles. The number of amides is 1. The van der Waals surface area contributed by atoms with Gasteiger partial charge in [0.25, 0.3) is 5.91 Å². The SMILES string of the molecule is C[C@H](O)c1cc2n(n1)CCN(C(=O)c1ccoc1)C2. The van der Waals surface area contributed by atoms with Crippen LogP contribution in [0.2, 0.25) is 0 Å². The molecular formula is C13H15N3O3. The number of fused-ring (bicyclic) bond motifs is 1. The maximum Gasteiger partial charge on any atom is 0.257 e. The molecule has 0 radical (unpaired) electrons. The molecule has 1 atom stereocenters. The Morgan fingerprint density at radius 1 is 1.53 bits per heavy atom. The Morgan fingerprint density at radius 3 is 3.05 bits per heavy atom. The number of carbonyl (C=O) groups excluding carboxylic acids is 1. The van der Waals surface area contributed by atoms with E-state index in [0.717, 1.165) is 5.69 Å². The van der Waals surface area contributed by atoms with Crippen LogP contribution in [0.25, 0.3) is 0 Å². The van der Waals surface area contributed by atoms with Gasteiger partial charge in [0.05, 0.1) is 42.4 Å². The Hall–Kier alpha value is -2.08. The first-order chi connectivity index (χ1) is 9.15. The number of hydrogen-bond donors (Lipinski definition) is 1. The number of aliphatic hydroxyl groups excluding tert-OH is 1. The predicted octanol–water partition coefficient (Wildman–Crippen LogP) is 1.19. The molecule has 0 unspecified atom stereocenters. The number of nitrogens with zero attached hydrogens (tertiary/aromatic N) is 3. The van der Waals surface area contributed by atoms with Gasteiger partial charge in [-0.3, -0.25) is 9.48 Å². The van der Waals surface area contributed by atoms with E-state index in [2.05, 4.69) is 5.10 Å². The van der Waals surface area contributed by atoms with E-state index in [1.165, 1.54) is 12.5 Å². The molecule has 0 aromatic carbocycles. The zero-order valence-electron chi connectivity index (χ0n) is 10.6. The summed E-state index contributed by atoms with van der Waals surface area (Å²) in [6.45, 7) is 3.44. The summed E-state index contributed by atoms with van der Waals surface area (Å²) in [5.41, 5.74) is 2.15. The van der Waals surface area contributed by atoms with Gasteiger partial charge < -0.3 is 14.4 Å². The second-order valence-corrected chi connectivity index (χ2v) is 4.70. The van der Waals surface area contributed by atoms with Crippen molar-refractivity contribution < 1.29 is 14.3 Å². The molecule has 0 aliphatic carbocycles. The first-order valence-corrected chi connectivity index (χ1v) is 6.21. The fourth-order valence-electron chi connectivity index (χ4n) is 2.23. The van der Waals surface area contributed by atoms with Crippen molar-refractivity contribution in [2.45, 2.75) is 26.1 Å². The van der Waals surface area contributed by atoms with Gasteiger partial charge in [-0.05, 0) is 19.1 Å². The topological polar surface area (TPSA) is 71.5 Å². The second kappa shape index (κ2) is 4.55. The molecular weight excluding hydrogens is 246 g/mol. The van der Waals surface area contributed by atoms with Crippen molar-refractivity contribution in [2.24, 2.45) is 0 Å². The van der Waals surface area contributed by atoms with Crippen LogP contribution in [-0.2, 0) is 13.1 Å². The van der Waals surface area contributed by atoms with E-state index < -0.39 is 6.10 Å². The maximum atomic E-state index is 12.2. The van der Waals surface area contributed by atoms with Crippen LogP contribution in [0.1, 0.15) is 34.8 Å². The Bertz CT molecular complexity index is 586. The summed E-state index contributed by atoms with van der Waals surface area (Å²) in [5.74, 6) is -0.0419. The van der Waals surface area contributed by atoms with Crippen LogP contribution in [0.15, 0.2) is 29.1 Å². The Morgan fingerprint density at radius 2 is 2.37 bits per heavy atom. The summed E-state index contributed by atoms with van der Waals surface area (Å²) in [6, 6.07) is 3.51. The van der Waals surface area contributed by atoms with E-state index in [4.69, 9.17) is 4.42 Å². The highest BCUT2D eigenvalue weighted by atomic mass is 16.3. The Labute approximate surface area is 110 Å². The van der Waals surface area contributed by atoms with Gasteiger partial charge in [0.2, 0.25) is 0 Å². The number of rotatable bonds is 2. The van der Waals surface area contributed by atoms with Gasteiger partial charge in [0.15, 0.2) is 0 Å². The molecule has 2 aromatic rings. The van der Waals surface area contributed by atoms with Crippen molar-refractivity contribution in [1.82, 2.24) is 14.7 Å². The van der Waals surface area contributed by atoms with Gasteiger partial charge in [-0.2, -0.15) is 5.10 Å².